The second-order valence-corrected chi connectivity index (χ2v) is 4.97. The standard InChI is InChI=1S/C16H19NO3/c1-10(2)19-14-7-5-13(6-8-14)17-16(18)15-9-11(3)20-12(15)4/h5-10H,1-4H3,(H,17,18). The average Bonchev–Trinajstić information content (AvgIpc) is 2.70. The highest BCUT2D eigenvalue weighted by Gasteiger charge is 2.13. The molecule has 0 saturated carbocycles. The largest absolute Gasteiger partial charge is 0.491 e. The van der Waals surface area contributed by atoms with E-state index in [1.807, 2.05) is 45.0 Å². The Bertz CT molecular complexity index is 597. The molecular weight excluding hydrogens is 254 g/mol. The lowest BCUT2D eigenvalue weighted by Crippen LogP contribution is -2.12. The van der Waals surface area contributed by atoms with Gasteiger partial charge in [0.2, 0.25) is 0 Å². The van der Waals surface area contributed by atoms with Crippen molar-refractivity contribution in [1.29, 1.82) is 0 Å². The van der Waals surface area contributed by atoms with Crippen LogP contribution in [0.2, 0.25) is 0 Å². The first-order chi connectivity index (χ1) is 9.45. The first-order valence-electron chi connectivity index (χ1n) is 6.61. The predicted molar refractivity (Wildman–Crippen MR) is 78.3 cm³/mol. The molecule has 1 aromatic carbocycles. The number of ether oxygens (including phenoxy) is 1. The maximum Gasteiger partial charge on any atom is 0.259 e. The molecule has 2 rings (SSSR count). The van der Waals surface area contributed by atoms with Gasteiger partial charge in [0.05, 0.1) is 11.7 Å². The molecule has 0 saturated heterocycles. The second kappa shape index (κ2) is 5.82. The van der Waals surface area contributed by atoms with E-state index in [2.05, 4.69) is 5.32 Å². The van der Waals surface area contributed by atoms with Crippen LogP contribution in [0.15, 0.2) is 34.7 Å². The Morgan fingerprint density at radius 1 is 1.20 bits per heavy atom. The van der Waals surface area contributed by atoms with E-state index in [0.717, 1.165) is 17.2 Å². The molecule has 1 aromatic heterocycles. The maximum atomic E-state index is 12.1. The van der Waals surface area contributed by atoms with Crippen LogP contribution in [0.5, 0.6) is 5.75 Å². The molecule has 4 nitrogen and oxygen atoms in total. The van der Waals surface area contributed by atoms with E-state index in [1.165, 1.54) is 0 Å². The summed E-state index contributed by atoms with van der Waals surface area (Å²) < 4.78 is 10.9. The topological polar surface area (TPSA) is 51.5 Å². The Balaban J connectivity index is 2.06. The van der Waals surface area contributed by atoms with Crippen molar-refractivity contribution in [3.8, 4) is 5.75 Å². The Morgan fingerprint density at radius 2 is 1.85 bits per heavy atom. The summed E-state index contributed by atoms with van der Waals surface area (Å²) in [6.45, 7) is 7.54. The highest BCUT2D eigenvalue weighted by molar-refractivity contribution is 6.05. The first-order valence-corrected chi connectivity index (χ1v) is 6.61. The molecule has 0 aliphatic heterocycles. The lowest BCUT2D eigenvalue weighted by molar-refractivity contribution is 0.102. The van der Waals surface area contributed by atoms with Crippen LogP contribution in [0.4, 0.5) is 5.69 Å². The summed E-state index contributed by atoms with van der Waals surface area (Å²) >= 11 is 0. The van der Waals surface area contributed by atoms with Crippen molar-refractivity contribution in [2.24, 2.45) is 0 Å². The van der Waals surface area contributed by atoms with Gasteiger partial charge < -0.3 is 14.5 Å². The lowest BCUT2D eigenvalue weighted by Gasteiger charge is -2.10. The Kier molecular flexibility index (Phi) is 4.13. The number of carbonyl (C=O) groups is 1. The van der Waals surface area contributed by atoms with Crippen molar-refractivity contribution >= 4 is 11.6 Å². The Labute approximate surface area is 118 Å². The summed E-state index contributed by atoms with van der Waals surface area (Å²) in [4.78, 5) is 12.1. The molecule has 0 aliphatic carbocycles. The van der Waals surface area contributed by atoms with Crippen LogP contribution in [0.1, 0.15) is 35.7 Å². The molecule has 106 valence electrons. The summed E-state index contributed by atoms with van der Waals surface area (Å²) in [5.74, 6) is 1.97. The molecule has 0 atom stereocenters. The summed E-state index contributed by atoms with van der Waals surface area (Å²) in [5, 5.41) is 2.84. The van der Waals surface area contributed by atoms with Gasteiger partial charge in [-0.3, -0.25) is 4.79 Å². The zero-order chi connectivity index (χ0) is 14.7. The van der Waals surface area contributed by atoms with Gasteiger partial charge in [-0.05, 0) is 58.0 Å². The van der Waals surface area contributed by atoms with Gasteiger partial charge in [0, 0.05) is 5.69 Å². The van der Waals surface area contributed by atoms with Crippen LogP contribution in [0.3, 0.4) is 0 Å². The summed E-state index contributed by atoms with van der Waals surface area (Å²) in [6.07, 6.45) is 0.131. The molecule has 0 aliphatic rings. The third-order valence-electron chi connectivity index (χ3n) is 2.77. The number of nitrogens with one attached hydrogen (secondary N) is 1. The zero-order valence-electron chi connectivity index (χ0n) is 12.2. The van der Waals surface area contributed by atoms with Gasteiger partial charge in [-0.15, -0.1) is 0 Å². The molecule has 0 radical (unpaired) electrons. The van der Waals surface area contributed by atoms with Gasteiger partial charge in [-0.1, -0.05) is 0 Å². The van der Waals surface area contributed by atoms with Crippen molar-refractivity contribution in [3.05, 3.63) is 47.4 Å². The van der Waals surface area contributed by atoms with Gasteiger partial charge in [0.25, 0.3) is 5.91 Å². The monoisotopic (exact) mass is 273 g/mol. The Morgan fingerprint density at radius 3 is 2.35 bits per heavy atom. The molecule has 2 aromatic rings. The number of aryl methyl sites for hydroxylation is 2. The molecule has 0 unspecified atom stereocenters. The minimum absolute atomic E-state index is 0.131. The zero-order valence-corrected chi connectivity index (χ0v) is 12.2. The van der Waals surface area contributed by atoms with E-state index >= 15 is 0 Å². The SMILES string of the molecule is Cc1cc(C(=O)Nc2ccc(OC(C)C)cc2)c(C)o1. The van der Waals surface area contributed by atoms with Gasteiger partial charge in [0.1, 0.15) is 17.3 Å². The van der Waals surface area contributed by atoms with Crippen LogP contribution >= 0.6 is 0 Å². The molecule has 0 bridgehead atoms. The summed E-state index contributed by atoms with van der Waals surface area (Å²) in [5.41, 5.74) is 1.29. The van der Waals surface area contributed by atoms with E-state index in [1.54, 1.807) is 13.0 Å². The molecule has 20 heavy (non-hydrogen) atoms. The van der Waals surface area contributed by atoms with E-state index in [0.29, 0.717) is 11.3 Å². The fourth-order valence-electron chi connectivity index (χ4n) is 1.94. The van der Waals surface area contributed by atoms with E-state index in [9.17, 15) is 4.79 Å². The van der Waals surface area contributed by atoms with Crippen LogP contribution in [-0.4, -0.2) is 12.0 Å². The van der Waals surface area contributed by atoms with Crippen LogP contribution in [0, 0.1) is 13.8 Å². The van der Waals surface area contributed by atoms with E-state index in [4.69, 9.17) is 9.15 Å². The molecule has 4 heteroatoms. The van der Waals surface area contributed by atoms with Crippen molar-refractivity contribution < 1.29 is 13.9 Å². The summed E-state index contributed by atoms with van der Waals surface area (Å²) in [7, 11) is 0. The second-order valence-electron chi connectivity index (χ2n) is 4.97. The van der Waals surface area contributed by atoms with Gasteiger partial charge in [-0.25, -0.2) is 0 Å². The molecule has 1 amide bonds. The number of amides is 1. The fraction of sp³-hybridized carbons (Fsp3) is 0.312. The van der Waals surface area contributed by atoms with Crippen LogP contribution in [0.25, 0.3) is 0 Å². The molecule has 1 N–H and O–H groups in total. The third kappa shape index (κ3) is 3.41. The number of benzene rings is 1. The van der Waals surface area contributed by atoms with Gasteiger partial charge in [-0.2, -0.15) is 0 Å². The van der Waals surface area contributed by atoms with Crippen LogP contribution < -0.4 is 10.1 Å². The highest BCUT2D eigenvalue weighted by atomic mass is 16.5. The number of anilines is 1. The number of hydrogen-bond acceptors (Lipinski definition) is 3. The number of hydrogen-bond donors (Lipinski definition) is 1. The maximum absolute atomic E-state index is 12.1. The quantitative estimate of drug-likeness (QED) is 0.918. The van der Waals surface area contributed by atoms with E-state index < -0.39 is 0 Å². The molecular formula is C16H19NO3. The fourth-order valence-corrected chi connectivity index (χ4v) is 1.94. The Hall–Kier alpha value is -2.23. The number of rotatable bonds is 4. The van der Waals surface area contributed by atoms with E-state index in [-0.39, 0.29) is 12.0 Å². The minimum atomic E-state index is -0.170. The molecule has 1 heterocycles. The third-order valence-corrected chi connectivity index (χ3v) is 2.77. The van der Waals surface area contributed by atoms with Crippen molar-refractivity contribution in [1.82, 2.24) is 0 Å². The van der Waals surface area contributed by atoms with Gasteiger partial charge >= 0.3 is 0 Å². The smallest absolute Gasteiger partial charge is 0.259 e. The van der Waals surface area contributed by atoms with Crippen molar-refractivity contribution in [3.63, 3.8) is 0 Å². The molecule has 0 fully saturated rings. The lowest BCUT2D eigenvalue weighted by atomic mass is 10.2. The van der Waals surface area contributed by atoms with Crippen LogP contribution in [-0.2, 0) is 0 Å². The molecule has 0 spiro atoms. The number of furan rings is 1. The van der Waals surface area contributed by atoms with Crippen molar-refractivity contribution in [2.45, 2.75) is 33.8 Å². The number of carbonyl (C=O) groups excluding carboxylic acids is 1. The highest BCUT2D eigenvalue weighted by Crippen LogP contribution is 2.19. The van der Waals surface area contributed by atoms with Gasteiger partial charge in [0.15, 0.2) is 0 Å². The van der Waals surface area contributed by atoms with Crippen molar-refractivity contribution in [2.75, 3.05) is 5.32 Å². The predicted octanol–water partition coefficient (Wildman–Crippen LogP) is 3.94. The summed E-state index contributed by atoms with van der Waals surface area (Å²) in [6, 6.07) is 9.04. The minimum Gasteiger partial charge on any atom is -0.491 e. The normalized spacial score (nSPS) is 10.7. The average molecular weight is 273 g/mol. The first kappa shape index (κ1) is 14.2.